The van der Waals surface area contributed by atoms with Crippen LogP contribution < -0.4 is 27.0 Å². The molecule has 24 heavy (non-hydrogen) atoms. The first-order valence-electron chi connectivity index (χ1n) is 7.69. The number of aryl methyl sites for hydroxylation is 2. The quantitative estimate of drug-likeness (QED) is 0.588. The van der Waals surface area contributed by atoms with Crippen LogP contribution in [0.4, 0.5) is 11.4 Å². The maximum absolute atomic E-state index is 12.5. The predicted molar refractivity (Wildman–Crippen MR) is 96.6 cm³/mol. The molecule has 0 saturated carbocycles. The summed E-state index contributed by atoms with van der Waals surface area (Å²) < 4.78 is 0. The first-order chi connectivity index (χ1) is 11.5. The van der Waals surface area contributed by atoms with Gasteiger partial charge in [-0.2, -0.15) is 5.53 Å². The minimum atomic E-state index is -0.494. The summed E-state index contributed by atoms with van der Waals surface area (Å²) in [7, 11) is 0. The van der Waals surface area contributed by atoms with E-state index in [1.165, 1.54) is 5.56 Å². The van der Waals surface area contributed by atoms with Gasteiger partial charge in [0.2, 0.25) is 5.91 Å². The fourth-order valence-electron chi connectivity index (χ4n) is 2.42. The molecule has 126 valence electrons. The van der Waals surface area contributed by atoms with Gasteiger partial charge < -0.3 is 10.6 Å². The monoisotopic (exact) mass is 345 g/mol. The van der Waals surface area contributed by atoms with Crippen molar-refractivity contribution in [3.63, 3.8) is 0 Å². The summed E-state index contributed by atoms with van der Waals surface area (Å²) in [6, 6.07) is 12.9. The highest BCUT2D eigenvalue weighted by Crippen LogP contribution is 2.20. The van der Waals surface area contributed by atoms with E-state index in [2.05, 4.69) is 27.0 Å². The third-order valence-electron chi connectivity index (χ3n) is 3.88. The molecule has 1 aliphatic rings. The molecular weight excluding hydrogens is 326 g/mol. The molecule has 2 atom stereocenters. The van der Waals surface area contributed by atoms with Crippen molar-refractivity contribution in [2.75, 3.05) is 10.6 Å². The van der Waals surface area contributed by atoms with E-state index in [4.69, 9.17) is 11.6 Å². The van der Waals surface area contributed by atoms with Gasteiger partial charge in [-0.25, -0.2) is 10.9 Å². The van der Waals surface area contributed by atoms with E-state index in [1.807, 2.05) is 50.2 Å². The summed E-state index contributed by atoms with van der Waals surface area (Å²) >= 11 is 6.10. The first kappa shape index (κ1) is 16.7. The summed E-state index contributed by atoms with van der Waals surface area (Å²) in [4.78, 5) is 12.5. The molecule has 2 aromatic rings. The van der Waals surface area contributed by atoms with Gasteiger partial charge in [0.1, 0.15) is 12.2 Å². The van der Waals surface area contributed by atoms with Crippen molar-refractivity contribution in [3.05, 3.63) is 58.6 Å². The lowest BCUT2D eigenvalue weighted by atomic mass is 10.1. The average molecular weight is 346 g/mol. The molecule has 0 radical (unpaired) electrons. The molecule has 1 fully saturated rings. The molecule has 1 amide bonds. The Morgan fingerprint density at radius 1 is 1.04 bits per heavy atom. The Morgan fingerprint density at radius 2 is 1.75 bits per heavy atom. The second-order valence-electron chi connectivity index (χ2n) is 5.83. The molecule has 0 aliphatic carbocycles. The van der Waals surface area contributed by atoms with Crippen molar-refractivity contribution in [2.24, 2.45) is 0 Å². The van der Waals surface area contributed by atoms with Crippen LogP contribution in [0.25, 0.3) is 0 Å². The summed E-state index contributed by atoms with van der Waals surface area (Å²) in [5.74, 6) is -0.169. The molecule has 0 aromatic heterocycles. The van der Waals surface area contributed by atoms with Crippen molar-refractivity contribution in [2.45, 2.75) is 26.1 Å². The van der Waals surface area contributed by atoms with Crippen LogP contribution in [0.3, 0.4) is 0 Å². The van der Waals surface area contributed by atoms with Gasteiger partial charge >= 0.3 is 0 Å². The van der Waals surface area contributed by atoms with E-state index in [-0.39, 0.29) is 12.1 Å². The van der Waals surface area contributed by atoms with Crippen molar-refractivity contribution >= 4 is 28.9 Å². The highest BCUT2D eigenvalue weighted by molar-refractivity contribution is 6.31. The van der Waals surface area contributed by atoms with E-state index in [9.17, 15) is 4.79 Å². The molecule has 1 heterocycles. The summed E-state index contributed by atoms with van der Waals surface area (Å²) in [5.41, 5.74) is 12.5. The third kappa shape index (κ3) is 3.85. The molecule has 7 heteroatoms. The van der Waals surface area contributed by atoms with Gasteiger partial charge in [0.25, 0.3) is 0 Å². The molecule has 6 nitrogen and oxygen atoms in total. The van der Waals surface area contributed by atoms with Crippen LogP contribution in [0.2, 0.25) is 5.02 Å². The molecule has 5 N–H and O–H groups in total. The standard InChI is InChI=1S/C17H20ClN5O/c1-10-3-6-12(7-4-10)19-16-15(21-23-22-16)17(24)20-13-8-5-11(2)14(18)9-13/h3-9,15-16,19,21-23H,1-2H3,(H,20,24). The van der Waals surface area contributed by atoms with Crippen molar-refractivity contribution in [1.29, 1.82) is 0 Å². The van der Waals surface area contributed by atoms with Crippen LogP contribution in [0, 0.1) is 13.8 Å². The molecule has 0 spiro atoms. The van der Waals surface area contributed by atoms with E-state index in [1.54, 1.807) is 6.07 Å². The number of anilines is 2. The zero-order valence-electron chi connectivity index (χ0n) is 13.5. The normalized spacial score (nSPS) is 20.0. The largest absolute Gasteiger partial charge is 0.367 e. The zero-order valence-corrected chi connectivity index (χ0v) is 14.2. The number of carbonyl (C=O) groups is 1. The Kier molecular flexibility index (Phi) is 5.01. The fourth-order valence-corrected chi connectivity index (χ4v) is 2.60. The number of halogens is 1. The molecule has 2 aromatic carbocycles. The van der Waals surface area contributed by atoms with Gasteiger partial charge in [0.15, 0.2) is 0 Å². The SMILES string of the molecule is Cc1ccc(NC2NNNC2C(=O)Nc2ccc(C)c(Cl)c2)cc1. The van der Waals surface area contributed by atoms with E-state index < -0.39 is 6.04 Å². The van der Waals surface area contributed by atoms with E-state index in [0.717, 1.165) is 11.3 Å². The highest BCUT2D eigenvalue weighted by atomic mass is 35.5. The summed E-state index contributed by atoms with van der Waals surface area (Å²) in [6.45, 7) is 3.95. The molecular formula is C17H20ClN5O. The maximum Gasteiger partial charge on any atom is 0.246 e. The van der Waals surface area contributed by atoms with Crippen LogP contribution in [0.15, 0.2) is 42.5 Å². The highest BCUT2D eigenvalue weighted by Gasteiger charge is 2.32. The zero-order chi connectivity index (χ0) is 17.1. The first-order valence-corrected chi connectivity index (χ1v) is 8.07. The van der Waals surface area contributed by atoms with Crippen molar-refractivity contribution in [3.8, 4) is 0 Å². The van der Waals surface area contributed by atoms with Gasteiger partial charge in [-0.15, -0.1) is 0 Å². The van der Waals surface area contributed by atoms with Crippen molar-refractivity contribution in [1.82, 2.24) is 16.4 Å². The lowest BCUT2D eigenvalue weighted by molar-refractivity contribution is -0.118. The summed E-state index contributed by atoms with van der Waals surface area (Å²) in [6.07, 6.45) is -0.298. The van der Waals surface area contributed by atoms with Crippen LogP contribution in [-0.4, -0.2) is 18.1 Å². The number of amides is 1. The second-order valence-corrected chi connectivity index (χ2v) is 6.24. The van der Waals surface area contributed by atoms with Gasteiger partial charge in [-0.1, -0.05) is 35.4 Å². The lowest BCUT2D eigenvalue weighted by Gasteiger charge is -2.20. The second kappa shape index (κ2) is 7.19. The molecule has 1 aliphatic heterocycles. The van der Waals surface area contributed by atoms with Gasteiger partial charge in [0, 0.05) is 16.4 Å². The van der Waals surface area contributed by atoms with Crippen molar-refractivity contribution < 1.29 is 4.79 Å². The van der Waals surface area contributed by atoms with Crippen LogP contribution >= 0.6 is 11.6 Å². The number of hydrogen-bond acceptors (Lipinski definition) is 5. The molecule has 2 unspecified atom stereocenters. The Labute approximate surface area is 145 Å². The van der Waals surface area contributed by atoms with E-state index >= 15 is 0 Å². The Balaban J connectivity index is 1.66. The average Bonchev–Trinajstić information content (AvgIpc) is 3.01. The third-order valence-corrected chi connectivity index (χ3v) is 4.29. The molecule has 3 rings (SSSR count). The fraction of sp³-hybridized carbons (Fsp3) is 0.235. The number of carbonyl (C=O) groups excluding carboxylic acids is 1. The predicted octanol–water partition coefficient (Wildman–Crippen LogP) is 2.31. The van der Waals surface area contributed by atoms with E-state index in [0.29, 0.717) is 10.7 Å². The van der Waals surface area contributed by atoms with Crippen LogP contribution in [-0.2, 0) is 4.79 Å². The number of nitrogens with one attached hydrogen (secondary N) is 5. The Morgan fingerprint density at radius 3 is 2.46 bits per heavy atom. The molecule has 0 bridgehead atoms. The Bertz CT molecular complexity index is 734. The minimum absolute atomic E-state index is 0.169. The number of hydrogen-bond donors (Lipinski definition) is 5. The van der Waals surface area contributed by atoms with Gasteiger partial charge in [0.05, 0.1) is 0 Å². The van der Waals surface area contributed by atoms with Gasteiger partial charge in [-0.05, 0) is 43.7 Å². The number of rotatable bonds is 4. The maximum atomic E-state index is 12.5. The van der Waals surface area contributed by atoms with Crippen LogP contribution in [0.5, 0.6) is 0 Å². The lowest BCUT2D eigenvalue weighted by Crippen LogP contribution is -2.47. The topological polar surface area (TPSA) is 77.2 Å². The smallest absolute Gasteiger partial charge is 0.246 e. The van der Waals surface area contributed by atoms with Gasteiger partial charge in [-0.3, -0.25) is 4.79 Å². The minimum Gasteiger partial charge on any atom is -0.367 e. The number of benzene rings is 2. The summed E-state index contributed by atoms with van der Waals surface area (Å²) in [5, 5.41) is 6.78. The van der Waals surface area contributed by atoms with Crippen LogP contribution in [0.1, 0.15) is 11.1 Å². The number of hydrazine groups is 2. The molecule has 1 saturated heterocycles. The Hall–Kier alpha value is -2.12.